The summed E-state index contributed by atoms with van der Waals surface area (Å²) in [7, 11) is -3.79. The first-order chi connectivity index (χ1) is 15.0. The Kier molecular flexibility index (Phi) is 8.77. The molecule has 2 aromatic rings. The van der Waals surface area contributed by atoms with Gasteiger partial charge in [0.1, 0.15) is 18.4 Å². The number of anilines is 1. The molecular weight excluding hydrogens is 433 g/mol. The molecule has 0 radical (unpaired) electrons. The SMILES string of the molecule is CCC(C)NC(=O)C(C)N(Cc1ccccc1F)C(=O)CN(c1ccccc1)S(C)(=O)=O. The zero-order chi connectivity index (χ0) is 23.9. The molecule has 0 saturated heterocycles. The quantitative estimate of drug-likeness (QED) is 0.587. The third-order valence-corrected chi connectivity index (χ3v) is 6.33. The predicted octanol–water partition coefficient (Wildman–Crippen LogP) is 2.92. The lowest BCUT2D eigenvalue weighted by molar-refractivity contribution is -0.139. The molecule has 0 fully saturated rings. The predicted molar refractivity (Wildman–Crippen MR) is 123 cm³/mol. The molecule has 2 aromatic carbocycles. The number of rotatable bonds is 10. The van der Waals surface area contributed by atoms with Crippen molar-refractivity contribution in [2.24, 2.45) is 0 Å². The molecule has 9 heteroatoms. The van der Waals surface area contributed by atoms with Crippen molar-refractivity contribution >= 4 is 27.5 Å². The van der Waals surface area contributed by atoms with Crippen LogP contribution in [0.5, 0.6) is 0 Å². The molecule has 2 unspecified atom stereocenters. The van der Waals surface area contributed by atoms with Gasteiger partial charge in [-0.3, -0.25) is 13.9 Å². The van der Waals surface area contributed by atoms with E-state index in [4.69, 9.17) is 0 Å². The van der Waals surface area contributed by atoms with E-state index in [-0.39, 0.29) is 18.2 Å². The van der Waals surface area contributed by atoms with E-state index in [0.717, 1.165) is 10.6 Å². The minimum absolute atomic E-state index is 0.104. The van der Waals surface area contributed by atoms with Crippen molar-refractivity contribution in [2.45, 2.75) is 45.8 Å². The average Bonchev–Trinajstić information content (AvgIpc) is 2.75. The fourth-order valence-corrected chi connectivity index (χ4v) is 3.92. The number of hydrogen-bond acceptors (Lipinski definition) is 4. The molecular formula is C23H30FN3O4S. The highest BCUT2D eigenvalue weighted by molar-refractivity contribution is 7.92. The number of hydrogen-bond donors (Lipinski definition) is 1. The van der Waals surface area contributed by atoms with E-state index in [2.05, 4.69) is 5.32 Å². The molecule has 0 bridgehead atoms. The Morgan fingerprint density at radius 1 is 1.03 bits per heavy atom. The minimum atomic E-state index is -3.79. The molecule has 0 heterocycles. The second-order valence-electron chi connectivity index (χ2n) is 7.71. The number of carbonyl (C=O) groups excluding carboxylic acids is 2. The molecule has 0 aliphatic rings. The van der Waals surface area contributed by atoms with Crippen molar-refractivity contribution in [2.75, 3.05) is 17.1 Å². The van der Waals surface area contributed by atoms with Gasteiger partial charge in [0.25, 0.3) is 0 Å². The zero-order valence-corrected chi connectivity index (χ0v) is 19.6. The van der Waals surface area contributed by atoms with E-state index in [1.807, 2.05) is 13.8 Å². The molecule has 0 aliphatic carbocycles. The first kappa shape index (κ1) is 25.3. The summed E-state index contributed by atoms with van der Waals surface area (Å²) in [5, 5.41) is 2.82. The number of para-hydroxylation sites is 1. The Bertz CT molecular complexity index is 1030. The number of nitrogens with one attached hydrogen (secondary N) is 1. The number of carbonyl (C=O) groups is 2. The van der Waals surface area contributed by atoms with Crippen molar-refractivity contribution in [3.63, 3.8) is 0 Å². The summed E-state index contributed by atoms with van der Waals surface area (Å²) in [5.74, 6) is -1.52. The molecule has 32 heavy (non-hydrogen) atoms. The number of sulfonamides is 1. The second kappa shape index (κ2) is 11.1. The Hall–Kier alpha value is -2.94. The van der Waals surface area contributed by atoms with Crippen LogP contribution in [0.2, 0.25) is 0 Å². The van der Waals surface area contributed by atoms with Gasteiger partial charge in [-0.2, -0.15) is 0 Å². The van der Waals surface area contributed by atoms with E-state index in [9.17, 15) is 22.4 Å². The first-order valence-electron chi connectivity index (χ1n) is 10.4. The highest BCUT2D eigenvalue weighted by Gasteiger charge is 2.30. The van der Waals surface area contributed by atoms with Gasteiger partial charge in [-0.05, 0) is 38.5 Å². The van der Waals surface area contributed by atoms with Crippen LogP contribution >= 0.6 is 0 Å². The van der Waals surface area contributed by atoms with E-state index in [0.29, 0.717) is 12.1 Å². The first-order valence-corrected chi connectivity index (χ1v) is 12.3. The van der Waals surface area contributed by atoms with Crippen LogP contribution in [0.25, 0.3) is 0 Å². The van der Waals surface area contributed by atoms with Crippen LogP contribution < -0.4 is 9.62 Å². The average molecular weight is 464 g/mol. The third kappa shape index (κ3) is 6.78. The molecule has 1 N–H and O–H groups in total. The summed E-state index contributed by atoms with van der Waals surface area (Å²) in [5.41, 5.74) is 0.556. The summed E-state index contributed by atoms with van der Waals surface area (Å²) in [6.07, 6.45) is 1.71. The summed E-state index contributed by atoms with van der Waals surface area (Å²) in [6, 6.07) is 13.1. The standard InChI is InChI=1S/C23H30FN3O4S/c1-5-17(2)25-23(29)18(3)26(15-19-11-9-10-14-21(19)24)22(28)16-27(32(4,30)31)20-12-7-6-8-13-20/h6-14,17-18H,5,15-16H2,1-4H3,(H,25,29). The maximum absolute atomic E-state index is 14.3. The molecule has 2 rings (SSSR count). The maximum Gasteiger partial charge on any atom is 0.244 e. The van der Waals surface area contributed by atoms with E-state index < -0.39 is 40.2 Å². The Labute approximate surface area is 189 Å². The number of nitrogens with zero attached hydrogens (tertiary/aromatic N) is 2. The molecule has 0 aromatic heterocycles. The lowest BCUT2D eigenvalue weighted by Gasteiger charge is -2.32. The number of benzene rings is 2. The van der Waals surface area contributed by atoms with Crippen molar-refractivity contribution in [3.05, 3.63) is 66.0 Å². The highest BCUT2D eigenvalue weighted by atomic mass is 32.2. The van der Waals surface area contributed by atoms with E-state index in [1.165, 1.54) is 23.1 Å². The van der Waals surface area contributed by atoms with Gasteiger partial charge in [0.2, 0.25) is 21.8 Å². The largest absolute Gasteiger partial charge is 0.352 e. The van der Waals surface area contributed by atoms with E-state index >= 15 is 0 Å². The van der Waals surface area contributed by atoms with Crippen LogP contribution in [-0.2, 0) is 26.2 Å². The van der Waals surface area contributed by atoms with Crippen LogP contribution in [0.4, 0.5) is 10.1 Å². The molecule has 2 atom stereocenters. The van der Waals surface area contributed by atoms with Gasteiger partial charge in [0.05, 0.1) is 11.9 Å². The highest BCUT2D eigenvalue weighted by Crippen LogP contribution is 2.19. The Balaban J connectivity index is 2.37. The van der Waals surface area contributed by atoms with Crippen LogP contribution in [0.1, 0.15) is 32.8 Å². The Morgan fingerprint density at radius 2 is 1.62 bits per heavy atom. The third-order valence-electron chi connectivity index (χ3n) is 5.19. The molecule has 2 amide bonds. The maximum atomic E-state index is 14.3. The van der Waals surface area contributed by atoms with Crippen LogP contribution in [0.3, 0.4) is 0 Å². The Morgan fingerprint density at radius 3 is 2.19 bits per heavy atom. The van der Waals surface area contributed by atoms with Crippen molar-refractivity contribution in [1.29, 1.82) is 0 Å². The minimum Gasteiger partial charge on any atom is -0.352 e. The molecule has 0 aliphatic heterocycles. The normalized spacial score (nSPS) is 13.2. The smallest absolute Gasteiger partial charge is 0.244 e. The summed E-state index contributed by atoms with van der Waals surface area (Å²) >= 11 is 0. The van der Waals surface area contributed by atoms with Gasteiger partial charge in [0.15, 0.2) is 0 Å². The van der Waals surface area contributed by atoms with Gasteiger partial charge in [-0.1, -0.05) is 43.3 Å². The van der Waals surface area contributed by atoms with Crippen LogP contribution in [0.15, 0.2) is 54.6 Å². The van der Waals surface area contributed by atoms with Crippen molar-refractivity contribution < 1.29 is 22.4 Å². The second-order valence-corrected chi connectivity index (χ2v) is 9.62. The topological polar surface area (TPSA) is 86.8 Å². The van der Waals surface area contributed by atoms with Crippen LogP contribution in [-0.4, -0.2) is 50.0 Å². The summed E-state index contributed by atoms with van der Waals surface area (Å²) < 4.78 is 40.1. The summed E-state index contributed by atoms with van der Waals surface area (Å²) in [6.45, 7) is 4.62. The van der Waals surface area contributed by atoms with E-state index in [1.54, 1.807) is 43.3 Å². The molecule has 174 valence electrons. The van der Waals surface area contributed by atoms with Gasteiger partial charge in [0, 0.05) is 18.2 Å². The lowest BCUT2D eigenvalue weighted by atomic mass is 10.1. The molecule has 0 spiro atoms. The van der Waals surface area contributed by atoms with Crippen molar-refractivity contribution in [1.82, 2.24) is 10.2 Å². The van der Waals surface area contributed by atoms with Crippen LogP contribution in [0, 0.1) is 5.82 Å². The number of amides is 2. The van der Waals surface area contributed by atoms with Gasteiger partial charge in [-0.15, -0.1) is 0 Å². The summed E-state index contributed by atoms with van der Waals surface area (Å²) in [4.78, 5) is 27.3. The van der Waals surface area contributed by atoms with Gasteiger partial charge >= 0.3 is 0 Å². The zero-order valence-electron chi connectivity index (χ0n) is 18.8. The van der Waals surface area contributed by atoms with Gasteiger partial charge in [-0.25, -0.2) is 12.8 Å². The number of halogens is 1. The fraction of sp³-hybridized carbons (Fsp3) is 0.391. The lowest BCUT2D eigenvalue weighted by Crippen LogP contribution is -2.52. The molecule has 7 nitrogen and oxygen atoms in total. The fourth-order valence-electron chi connectivity index (χ4n) is 3.07. The monoisotopic (exact) mass is 463 g/mol. The molecule has 0 saturated carbocycles. The van der Waals surface area contributed by atoms with Crippen molar-refractivity contribution in [3.8, 4) is 0 Å². The van der Waals surface area contributed by atoms with Gasteiger partial charge < -0.3 is 10.2 Å².